The minimum absolute atomic E-state index is 0.00435. The summed E-state index contributed by atoms with van der Waals surface area (Å²) in [5, 5.41) is 2.98. The lowest BCUT2D eigenvalue weighted by Crippen LogP contribution is -2.54. The van der Waals surface area contributed by atoms with Crippen molar-refractivity contribution in [2.24, 2.45) is 0 Å². The van der Waals surface area contributed by atoms with Gasteiger partial charge in [-0.1, -0.05) is 22.0 Å². The van der Waals surface area contributed by atoms with Gasteiger partial charge in [0.05, 0.1) is 12.6 Å². The molecule has 2 heterocycles. The number of benzene rings is 1. The van der Waals surface area contributed by atoms with E-state index in [1.807, 2.05) is 36.1 Å². The molecule has 2 aliphatic rings. The van der Waals surface area contributed by atoms with Crippen LogP contribution in [0.5, 0.6) is 0 Å². The first-order valence-corrected chi connectivity index (χ1v) is 10.1. The van der Waals surface area contributed by atoms with Crippen molar-refractivity contribution in [1.82, 2.24) is 14.7 Å². The van der Waals surface area contributed by atoms with E-state index >= 15 is 0 Å². The predicted molar refractivity (Wildman–Crippen MR) is 106 cm³/mol. The van der Waals surface area contributed by atoms with Crippen LogP contribution in [0, 0.1) is 0 Å². The maximum Gasteiger partial charge on any atom is 0.241 e. The van der Waals surface area contributed by atoms with Crippen molar-refractivity contribution in [1.29, 1.82) is 0 Å². The van der Waals surface area contributed by atoms with Crippen molar-refractivity contribution in [3.8, 4) is 0 Å². The summed E-state index contributed by atoms with van der Waals surface area (Å²) >= 11 is 3.42. The number of hydrogen-bond acceptors (Lipinski definition) is 4. The largest absolute Gasteiger partial charge is 0.342 e. The molecule has 2 amide bonds. The number of amides is 2. The number of likely N-dealkylation sites (tertiary alicyclic amines) is 1. The zero-order valence-electron chi connectivity index (χ0n) is 15.3. The monoisotopic (exact) mass is 422 g/mol. The highest BCUT2D eigenvalue weighted by Gasteiger charge is 2.27. The van der Waals surface area contributed by atoms with Crippen LogP contribution >= 0.6 is 15.9 Å². The second kappa shape index (κ2) is 8.97. The van der Waals surface area contributed by atoms with Gasteiger partial charge in [0.15, 0.2) is 0 Å². The predicted octanol–water partition coefficient (Wildman–Crippen LogP) is 2.02. The topological polar surface area (TPSA) is 55.9 Å². The summed E-state index contributed by atoms with van der Waals surface area (Å²) in [4.78, 5) is 31.1. The maximum absolute atomic E-state index is 12.5. The van der Waals surface area contributed by atoms with Crippen molar-refractivity contribution >= 4 is 33.4 Å². The summed E-state index contributed by atoms with van der Waals surface area (Å²) in [5.74, 6) is 0.251. The fourth-order valence-electron chi connectivity index (χ4n) is 3.55. The van der Waals surface area contributed by atoms with E-state index in [-0.39, 0.29) is 17.9 Å². The van der Waals surface area contributed by atoms with Gasteiger partial charge in [-0.25, -0.2) is 0 Å². The molecule has 3 rings (SSSR count). The highest BCUT2D eigenvalue weighted by molar-refractivity contribution is 9.10. The quantitative estimate of drug-likeness (QED) is 0.788. The van der Waals surface area contributed by atoms with Gasteiger partial charge in [0, 0.05) is 49.4 Å². The van der Waals surface area contributed by atoms with Crippen LogP contribution in [0.15, 0.2) is 28.7 Å². The van der Waals surface area contributed by atoms with Gasteiger partial charge in [0.25, 0.3) is 0 Å². The van der Waals surface area contributed by atoms with Crippen molar-refractivity contribution in [3.63, 3.8) is 0 Å². The lowest BCUT2D eigenvalue weighted by molar-refractivity contribution is -0.132. The maximum atomic E-state index is 12.5. The number of carbonyl (C=O) groups excluding carboxylic acids is 2. The number of rotatable bonds is 5. The van der Waals surface area contributed by atoms with E-state index in [1.165, 1.54) is 0 Å². The first-order valence-electron chi connectivity index (χ1n) is 9.33. The Kier molecular flexibility index (Phi) is 6.67. The van der Waals surface area contributed by atoms with Gasteiger partial charge >= 0.3 is 0 Å². The molecule has 0 aromatic heterocycles. The molecule has 1 aromatic rings. The second-order valence-electron chi connectivity index (χ2n) is 7.08. The molecule has 0 unspecified atom stereocenters. The van der Waals surface area contributed by atoms with E-state index in [9.17, 15) is 9.59 Å². The van der Waals surface area contributed by atoms with Gasteiger partial charge in [0.1, 0.15) is 0 Å². The molecular weight excluding hydrogens is 396 g/mol. The lowest BCUT2D eigenvalue weighted by Gasteiger charge is -2.37. The number of nitrogens with one attached hydrogen (secondary N) is 1. The number of halogens is 1. The van der Waals surface area contributed by atoms with Crippen LogP contribution in [0.25, 0.3) is 0 Å². The molecule has 1 aromatic carbocycles. The van der Waals surface area contributed by atoms with Gasteiger partial charge in [-0.2, -0.15) is 0 Å². The molecule has 142 valence electrons. The Labute approximate surface area is 163 Å². The van der Waals surface area contributed by atoms with Gasteiger partial charge in [-0.15, -0.1) is 0 Å². The minimum Gasteiger partial charge on any atom is -0.342 e. The fourth-order valence-corrected chi connectivity index (χ4v) is 3.94. The molecule has 6 nitrogen and oxygen atoms in total. The third kappa shape index (κ3) is 5.05. The first-order chi connectivity index (χ1) is 12.5. The van der Waals surface area contributed by atoms with Crippen LogP contribution in [0.4, 0.5) is 5.69 Å². The molecule has 0 saturated carbocycles. The molecule has 1 atom stereocenters. The van der Waals surface area contributed by atoms with Crippen LogP contribution in [-0.2, 0) is 9.59 Å². The van der Waals surface area contributed by atoms with Crippen LogP contribution in [0.3, 0.4) is 0 Å². The van der Waals surface area contributed by atoms with Crippen molar-refractivity contribution < 1.29 is 9.59 Å². The summed E-state index contributed by atoms with van der Waals surface area (Å²) < 4.78 is 0.944. The average molecular weight is 423 g/mol. The van der Waals surface area contributed by atoms with Gasteiger partial charge in [0.2, 0.25) is 11.8 Å². The highest BCUT2D eigenvalue weighted by Crippen LogP contribution is 2.17. The van der Waals surface area contributed by atoms with Gasteiger partial charge in [-0.3, -0.25) is 19.4 Å². The van der Waals surface area contributed by atoms with E-state index in [4.69, 9.17) is 0 Å². The Morgan fingerprint density at radius 1 is 1.12 bits per heavy atom. The Balaban J connectivity index is 1.44. The lowest BCUT2D eigenvalue weighted by atomic mass is 10.2. The molecule has 26 heavy (non-hydrogen) atoms. The molecule has 7 heteroatoms. The smallest absolute Gasteiger partial charge is 0.241 e. The van der Waals surface area contributed by atoms with Crippen molar-refractivity contribution in [2.75, 3.05) is 51.1 Å². The number of nitrogens with zero attached hydrogens (tertiary/aromatic N) is 3. The fraction of sp³-hybridized carbons (Fsp3) is 0.579. The van der Waals surface area contributed by atoms with Crippen LogP contribution in [-0.4, -0.2) is 78.4 Å². The molecule has 0 bridgehead atoms. The standard InChI is InChI=1S/C19H27BrN4O2/c1-15(19(26)21-17-6-4-5-16(20)13-17)23-11-9-22(10-12-23)14-18(25)24-7-2-3-8-24/h4-6,13,15H,2-3,7-12,14H2,1H3,(H,21,26)/t15-/m0/s1. The Hall–Kier alpha value is -1.44. The summed E-state index contributed by atoms with van der Waals surface area (Å²) in [7, 11) is 0. The third-order valence-corrected chi connectivity index (χ3v) is 5.74. The first kappa shape index (κ1) is 19.3. The summed E-state index contributed by atoms with van der Waals surface area (Å²) in [6.07, 6.45) is 2.26. The molecule has 2 fully saturated rings. The minimum atomic E-state index is -0.189. The third-order valence-electron chi connectivity index (χ3n) is 5.24. The van der Waals surface area contributed by atoms with Crippen LogP contribution in [0.1, 0.15) is 19.8 Å². The number of piperazine rings is 1. The number of anilines is 1. The van der Waals surface area contributed by atoms with Crippen LogP contribution in [0.2, 0.25) is 0 Å². The highest BCUT2D eigenvalue weighted by atomic mass is 79.9. The second-order valence-corrected chi connectivity index (χ2v) is 7.99. The van der Waals surface area contributed by atoms with E-state index in [1.54, 1.807) is 0 Å². The van der Waals surface area contributed by atoms with Crippen molar-refractivity contribution in [2.45, 2.75) is 25.8 Å². The summed E-state index contributed by atoms with van der Waals surface area (Å²) in [5.41, 5.74) is 0.797. The van der Waals surface area contributed by atoms with E-state index in [2.05, 4.69) is 31.0 Å². The Bertz CT molecular complexity index is 640. The van der Waals surface area contributed by atoms with E-state index < -0.39 is 0 Å². The molecule has 2 aliphatic heterocycles. The zero-order chi connectivity index (χ0) is 18.5. The summed E-state index contributed by atoms with van der Waals surface area (Å²) in [6, 6.07) is 7.43. The molecular formula is C19H27BrN4O2. The Morgan fingerprint density at radius 3 is 2.46 bits per heavy atom. The zero-order valence-corrected chi connectivity index (χ0v) is 16.9. The Morgan fingerprint density at radius 2 is 1.81 bits per heavy atom. The number of hydrogen-bond donors (Lipinski definition) is 1. The average Bonchev–Trinajstić information content (AvgIpc) is 3.16. The van der Waals surface area contributed by atoms with Crippen molar-refractivity contribution in [3.05, 3.63) is 28.7 Å². The molecule has 0 radical (unpaired) electrons. The van der Waals surface area contributed by atoms with Gasteiger partial charge in [-0.05, 0) is 38.0 Å². The molecule has 1 N–H and O–H groups in total. The SMILES string of the molecule is C[C@@H](C(=O)Nc1cccc(Br)c1)N1CCN(CC(=O)N2CCCC2)CC1. The van der Waals surface area contributed by atoms with Gasteiger partial charge < -0.3 is 10.2 Å². The summed E-state index contributed by atoms with van der Waals surface area (Å²) in [6.45, 7) is 7.53. The molecule has 0 spiro atoms. The molecule has 2 saturated heterocycles. The van der Waals surface area contributed by atoms with E-state index in [0.717, 1.165) is 62.3 Å². The normalized spacial score (nSPS) is 20.2. The molecule has 0 aliphatic carbocycles. The van der Waals surface area contributed by atoms with Crippen LogP contribution < -0.4 is 5.32 Å². The van der Waals surface area contributed by atoms with E-state index in [0.29, 0.717) is 6.54 Å². The number of carbonyl (C=O) groups is 2.